The number of amides is 1. The molecule has 0 saturated heterocycles. The SMILES string of the molecule is CCNC(=O)C(C)Oc1ccc(C(C)N)cc1F. The molecular formula is C13H19FN2O2. The van der Waals surface area contributed by atoms with Gasteiger partial charge in [-0.15, -0.1) is 0 Å². The number of rotatable bonds is 5. The fourth-order valence-electron chi connectivity index (χ4n) is 1.46. The number of carbonyl (C=O) groups excluding carboxylic acids is 1. The molecule has 18 heavy (non-hydrogen) atoms. The Kier molecular flexibility index (Phi) is 5.09. The van der Waals surface area contributed by atoms with Crippen molar-refractivity contribution in [2.24, 2.45) is 5.73 Å². The third kappa shape index (κ3) is 3.70. The van der Waals surface area contributed by atoms with Gasteiger partial charge in [0, 0.05) is 12.6 Å². The Morgan fingerprint density at radius 1 is 1.50 bits per heavy atom. The number of nitrogens with one attached hydrogen (secondary N) is 1. The molecule has 0 aliphatic rings. The van der Waals surface area contributed by atoms with E-state index in [4.69, 9.17) is 10.5 Å². The minimum atomic E-state index is -0.736. The van der Waals surface area contributed by atoms with Crippen molar-refractivity contribution in [3.8, 4) is 5.75 Å². The molecule has 0 fully saturated rings. The van der Waals surface area contributed by atoms with Gasteiger partial charge < -0.3 is 15.8 Å². The third-order valence-electron chi connectivity index (χ3n) is 2.51. The van der Waals surface area contributed by atoms with E-state index in [-0.39, 0.29) is 17.7 Å². The minimum Gasteiger partial charge on any atom is -0.478 e. The molecule has 0 spiro atoms. The average molecular weight is 254 g/mol. The summed E-state index contributed by atoms with van der Waals surface area (Å²) in [4.78, 5) is 11.5. The van der Waals surface area contributed by atoms with Gasteiger partial charge in [-0.3, -0.25) is 4.79 Å². The zero-order chi connectivity index (χ0) is 13.7. The van der Waals surface area contributed by atoms with E-state index in [2.05, 4.69) is 5.32 Å². The van der Waals surface area contributed by atoms with Crippen LogP contribution in [0.2, 0.25) is 0 Å². The van der Waals surface area contributed by atoms with Crippen molar-refractivity contribution in [1.29, 1.82) is 0 Å². The molecule has 2 atom stereocenters. The Balaban J connectivity index is 2.76. The predicted molar refractivity (Wildman–Crippen MR) is 67.8 cm³/mol. The first-order valence-corrected chi connectivity index (χ1v) is 5.95. The van der Waals surface area contributed by atoms with Gasteiger partial charge in [0.25, 0.3) is 5.91 Å². The molecule has 5 heteroatoms. The number of ether oxygens (including phenoxy) is 1. The van der Waals surface area contributed by atoms with E-state index >= 15 is 0 Å². The van der Waals surface area contributed by atoms with Crippen molar-refractivity contribution in [1.82, 2.24) is 5.32 Å². The second-order valence-corrected chi connectivity index (χ2v) is 4.13. The smallest absolute Gasteiger partial charge is 0.260 e. The Labute approximate surface area is 106 Å². The van der Waals surface area contributed by atoms with E-state index in [1.165, 1.54) is 12.1 Å². The molecule has 0 radical (unpaired) electrons. The maximum absolute atomic E-state index is 13.7. The molecule has 0 saturated carbocycles. The third-order valence-corrected chi connectivity index (χ3v) is 2.51. The quantitative estimate of drug-likeness (QED) is 0.841. The molecule has 4 nitrogen and oxygen atoms in total. The molecule has 0 aromatic heterocycles. The Hall–Kier alpha value is -1.62. The fourth-order valence-corrected chi connectivity index (χ4v) is 1.46. The summed E-state index contributed by atoms with van der Waals surface area (Å²) in [7, 11) is 0. The summed E-state index contributed by atoms with van der Waals surface area (Å²) in [5.41, 5.74) is 6.34. The maximum Gasteiger partial charge on any atom is 0.260 e. The molecule has 1 aromatic rings. The second-order valence-electron chi connectivity index (χ2n) is 4.13. The fraction of sp³-hybridized carbons (Fsp3) is 0.462. The molecule has 0 heterocycles. The van der Waals surface area contributed by atoms with Gasteiger partial charge in [0.1, 0.15) is 0 Å². The van der Waals surface area contributed by atoms with Crippen molar-refractivity contribution in [2.75, 3.05) is 6.54 Å². The van der Waals surface area contributed by atoms with Gasteiger partial charge in [0.2, 0.25) is 0 Å². The van der Waals surface area contributed by atoms with Crippen LogP contribution in [0.1, 0.15) is 32.4 Å². The zero-order valence-electron chi connectivity index (χ0n) is 10.9. The first kappa shape index (κ1) is 14.4. The number of carbonyl (C=O) groups is 1. The molecule has 100 valence electrons. The molecule has 1 aromatic carbocycles. The Morgan fingerprint density at radius 3 is 2.67 bits per heavy atom. The number of benzene rings is 1. The van der Waals surface area contributed by atoms with E-state index in [0.717, 1.165) is 0 Å². The van der Waals surface area contributed by atoms with Crippen LogP contribution in [0, 0.1) is 5.82 Å². The van der Waals surface area contributed by atoms with Crippen LogP contribution >= 0.6 is 0 Å². The number of hydrogen-bond acceptors (Lipinski definition) is 3. The van der Waals surface area contributed by atoms with Crippen molar-refractivity contribution in [3.05, 3.63) is 29.6 Å². The molecule has 2 unspecified atom stereocenters. The standard InChI is InChI=1S/C13H19FN2O2/c1-4-16-13(17)9(3)18-12-6-5-10(8(2)15)7-11(12)14/h5-9H,4,15H2,1-3H3,(H,16,17). The topological polar surface area (TPSA) is 64.3 Å². The van der Waals surface area contributed by atoms with E-state index in [1.54, 1.807) is 19.9 Å². The van der Waals surface area contributed by atoms with Gasteiger partial charge >= 0.3 is 0 Å². The lowest BCUT2D eigenvalue weighted by atomic mass is 10.1. The van der Waals surface area contributed by atoms with Gasteiger partial charge in [-0.1, -0.05) is 6.07 Å². The van der Waals surface area contributed by atoms with Crippen molar-refractivity contribution in [3.63, 3.8) is 0 Å². The van der Waals surface area contributed by atoms with E-state index in [1.807, 2.05) is 6.92 Å². The van der Waals surface area contributed by atoms with Crippen molar-refractivity contribution < 1.29 is 13.9 Å². The van der Waals surface area contributed by atoms with Crippen LogP contribution in [-0.4, -0.2) is 18.6 Å². The monoisotopic (exact) mass is 254 g/mol. The average Bonchev–Trinajstić information content (AvgIpc) is 2.31. The molecule has 1 amide bonds. The zero-order valence-corrected chi connectivity index (χ0v) is 10.9. The van der Waals surface area contributed by atoms with Crippen LogP contribution in [0.5, 0.6) is 5.75 Å². The van der Waals surface area contributed by atoms with Gasteiger partial charge in [0.05, 0.1) is 0 Å². The van der Waals surface area contributed by atoms with Crippen LogP contribution in [0.25, 0.3) is 0 Å². The summed E-state index contributed by atoms with van der Waals surface area (Å²) in [6, 6.07) is 4.26. The first-order valence-electron chi connectivity index (χ1n) is 5.95. The maximum atomic E-state index is 13.7. The van der Waals surface area contributed by atoms with Crippen molar-refractivity contribution in [2.45, 2.75) is 32.9 Å². The van der Waals surface area contributed by atoms with Crippen LogP contribution in [0.15, 0.2) is 18.2 Å². The minimum absolute atomic E-state index is 0.0538. The summed E-state index contributed by atoms with van der Waals surface area (Å²) in [5.74, 6) is -0.729. The van der Waals surface area contributed by atoms with Crippen LogP contribution in [-0.2, 0) is 4.79 Å². The van der Waals surface area contributed by atoms with Gasteiger partial charge in [-0.25, -0.2) is 4.39 Å². The van der Waals surface area contributed by atoms with Gasteiger partial charge in [-0.05, 0) is 38.5 Å². The van der Waals surface area contributed by atoms with E-state index in [9.17, 15) is 9.18 Å². The summed E-state index contributed by atoms with van der Waals surface area (Å²) in [6.45, 7) is 5.66. The predicted octanol–water partition coefficient (Wildman–Crippen LogP) is 1.75. The normalized spacial score (nSPS) is 13.8. The lowest BCUT2D eigenvalue weighted by Gasteiger charge is -2.15. The van der Waals surface area contributed by atoms with E-state index < -0.39 is 11.9 Å². The largest absolute Gasteiger partial charge is 0.478 e. The lowest BCUT2D eigenvalue weighted by Crippen LogP contribution is -2.36. The van der Waals surface area contributed by atoms with Crippen molar-refractivity contribution >= 4 is 5.91 Å². The second kappa shape index (κ2) is 6.35. The number of nitrogens with two attached hydrogens (primary N) is 1. The lowest BCUT2D eigenvalue weighted by molar-refractivity contribution is -0.127. The number of likely N-dealkylation sites (N-methyl/N-ethyl adjacent to an activating group) is 1. The molecule has 0 aliphatic heterocycles. The van der Waals surface area contributed by atoms with Gasteiger partial charge in [-0.2, -0.15) is 0 Å². The Morgan fingerprint density at radius 2 is 2.17 bits per heavy atom. The highest BCUT2D eigenvalue weighted by Gasteiger charge is 2.16. The van der Waals surface area contributed by atoms with Crippen LogP contribution in [0.4, 0.5) is 4.39 Å². The molecule has 1 rings (SSSR count). The van der Waals surface area contributed by atoms with Crippen LogP contribution in [0.3, 0.4) is 0 Å². The number of halogens is 1. The summed E-state index contributed by atoms with van der Waals surface area (Å²) < 4.78 is 19.0. The molecule has 3 N–H and O–H groups in total. The molecule has 0 bridgehead atoms. The molecular weight excluding hydrogens is 235 g/mol. The highest BCUT2D eigenvalue weighted by atomic mass is 19.1. The Bertz CT molecular complexity index is 421. The highest BCUT2D eigenvalue weighted by Crippen LogP contribution is 2.22. The van der Waals surface area contributed by atoms with Gasteiger partial charge in [0.15, 0.2) is 17.7 Å². The summed E-state index contributed by atoms with van der Waals surface area (Å²) >= 11 is 0. The van der Waals surface area contributed by atoms with Crippen LogP contribution < -0.4 is 15.8 Å². The summed E-state index contributed by atoms with van der Waals surface area (Å²) in [5, 5.41) is 2.61. The summed E-state index contributed by atoms with van der Waals surface area (Å²) in [6.07, 6.45) is -0.736. The first-order chi connectivity index (χ1) is 8.45. The highest BCUT2D eigenvalue weighted by molar-refractivity contribution is 5.80. The van der Waals surface area contributed by atoms with E-state index in [0.29, 0.717) is 12.1 Å². The molecule has 0 aliphatic carbocycles. The number of hydrogen-bond donors (Lipinski definition) is 2.